The van der Waals surface area contributed by atoms with Gasteiger partial charge < -0.3 is 10.6 Å². The van der Waals surface area contributed by atoms with E-state index in [1.54, 1.807) is 11.8 Å². The fourth-order valence-electron chi connectivity index (χ4n) is 2.63. The number of nitrogens with two attached hydrogens (primary N) is 1. The lowest BCUT2D eigenvalue weighted by molar-refractivity contribution is -0.134. The number of hydrogen-bond donors (Lipinski definition) is 1. The Balaban J connectivity index is 1.74. The van der Waals surface area contributed by atoms with Gasteiger partial charge in [0.15, 0.2) is 0 Å². The summed E-state index contributed by atoms with van der Waals surface area (Å²) in [6, 6.07) is 6.40. The summed E-state index contributed by atoms with van der Waals surface area (Å²) in [5.41, 5.74) is 7.88. The number of amides is 2. The minimum absolute atomic E-state index is 0.0611. The quantitative estimate of drug-likeness (QED) is 0.848. The summed E-state index contributed by atoms with van der Waals surface area (Å²) in [6.45, 7) is 5.51. The highest BCUT2D eigenvalue weighted by atomic mass is 32.2. The van der Waals surface area contributed by atoms with Crippen LogP contribution in [-0.4, -0.2) is 35.6 Å². The molecule has 1 aliphatic heterocycles. The number of carbonyl (C=O) groups excluding carboxylic acids is 2. The number of benzene rings is 1. The first-order chi connectivity index (χ1) is 10.5. The Labute approximate surface area is 136 Å². The van der Waals surface area contributed by atoms with Crippen LogP contribution in [0.15, 0.2) is 23.1 Å². The Morgan fingerprint density at radius 2 is 1.91 bits per heavy atom. The van der Waals surface area contributed by atoms with Gasteiger partial charge in [-0.05, 0) is 49.9 Å². The molecule has 0 aliphatic carbocycles. The van der Waals surface area contributed by atoms with Gasteiger partial charge in [0.25, 0.3) is 0 Å². The van der Waals surface area contributed by atoms with Crippen LogP contribution < -0.4 is 5.73 Å². The molecule has 5 heteroatoms. The van der Waals surface area contributed by atoms with E-state index in [9.17, 15) is 9.59 Å². The second-order valence-corrected chi connectivity index (χ2v) is 7.07. The van der Waals surface area contributed by atoms with Gasteiger partial charge in [0.2, 0.25) is 11.8 Å². The predicted octanol–water partition coefficient (Wildman–Crippen LogP) is 2.51. The molecule has 0 spiro atoms. The molecule has 4 nitrogen and oxygen atoms in total. The van der Waals surface area contributed by atoms with Crippen molar-refractivity contribution in [1.82, 2.24) is 4.90 Å². The zero-order valence-electron chi connectivity index (χ0n) is 13.3. The van der Waals surface area contributed by atoms with Gasteiger partial charge in [0.1, 0.15) is 0 Å². The summed E-state index contributed by atoms with van der Waals surface area (Å²) in [4.78, 5) is 26.4. The van der Waals surface area contributed by atoms with Crippen LogP contribution in [0.1, 0.15) is 30.4 Å². The molecule has 1 aliphatic rings. The van der Waals surface area contributed by atoms with E-state index in [0.717, 1.165) is 5.75 Å². The fourth-order valence-corrected chi connectivity index (χ4v) is 3.57. The number of piperidine rings is 1. The molecule has 2 N–H and O–H groups in total. The first kappa shape index (κ1) is 16.9. The van der Waals surface area contributed by atoms with Gasteiger partial charge in [-0.3, -0.25) is 9.59 Å². The van der Waals surface area contributed by atoms with E-state index in [2.05, 4.69) is 32.0 Å². The van der Waals surface area contributed by atoms with Gasteiger partial charge in [-0.25, -0.2) is 0 Å². The van der Waals surface area contributed by atoms with Crippen LogP contribution >= 0.6 is 11.8 Å². The van der Waals surface area contributed by atoms with Crippen LogP contribution in [0.25, 0.3) is 0 Å². The van der Waals surface area contributed by atoms with Crippen LogP contribution in [-0.2, 0) is 9.59 Å². The van der Waals surface area contributed by atoms with Crippen molar-refractivity contribution in [2.24, 2.45) is 11.7 Å². The normalized spacial score (nSPS) is 15.8. The standard InChI is InChI=1S/C17H24N2O2S/c1-12-3-4-15(11-13(12)2)22-10-7-16(20)19-8-5-14(6-9-19)17(18)21/h3-4,11,14H,5-10H2,1-2H3,(H2,18,21). The van der Waals surface area contributed by atoms with E-state index in [-0.39, 0.29) is 17.7 Å². The van der Waals surface area contributed by atoms with Crippen molar-refractivity contribution in [3.05, 3.63) is 29.3 Å². The molecule has 2 rings (SSSR count). The fraction of sp³-hybridized carbons (Fsp3) is 0.529. The number of aryl methyl sites for hydroxylation is 2. The number of primary amides is 1. The first-order valence-electron chi connectivity index (χ1n) is 7.74. The Morgan fingerprint density at radius 3 is 2.50 bits per heavy atom. The number of carbonyl (C=O) groups is 2. The lowest BCUT2D eigenvalue weighted by Crippen LogP contribution is -2.41. The number of hydrogen-bond acceptors (Lipinski definition) is 3. The van der Waals surface area contributed by atoms with E-state index in [4.69, 9.17) is 5.73 Å². The third-order valence-electron chi connectivity index (χ3n) is 4.31. The highest BCUT2D eigenvalue weighted by Crippen LogP contribution is 2.23. The third-order valence-corrected chi connectivity index (χ3v) is 5.31. The number of rotatable bonds is 5. The highest BCUT2D eigenvalue weighted by Gasteiger charge is 2.25. The Kier molecular flexibility index (Phi) is 5.89. The summed E-state index contributed by atoms with van der Waals surface area (Å²) >= 11 is 1.72. The van der Waals surface area contributed by atoms with E-state index in [0.29, 0.717) is 32.4 Å². The number of likely N-dealkylation sites (tertiary alicyclic amines) is 1. The summed E-state index contributed by atoms with van der Waals surface area (Å²) in [5.74, 6) is 0.669. The minimum atomic E-state index is -0.239. The van der Waals surface area contributed by atoms with Gasteiger partial charge in [-0.15, -0.1) is 11.8 Å². The summed E-state index contributed by atoms with van der Waals surface area (Å²) in [7, 11) is 0. The largest absolute Gasteiger partial charge is 0.369 e. The maximum atomic E-state index is 12.2. The third kappa shape index (κ3) is 4.50. The second-order valence-electron chi connectivity index (χ2n) is 5.90. The molecule has 1 aromatic rings. The molecular weight excluding hydrogens is 296 g/mol. The topological polar surface area (TPSA) is 63.4 Å². The Hall–Kier alpha value is -1.49. The lowest BCUT2D eigenvalue weighted by atomic mass is 9.96. The van der Waals surface area contributed by atoms with E-state index < -0.39 is 0 Å². The molecule has 1 heterocycles. The minimum Gasteiger partial charge on any atom is -0.369 e. The molecule has 22 heavy (non-hydrogen) atoms. The molecule has 1 fully saturated rings. The van der Waals surface area contributed by atoms with Crippen LogP contribution in [0, 0.1) is 19.8 Å². The van der Waals surface area contributed by atoms with Crippen molar-refractivity contribution < 1.29 is 9.59 Å². The van der Waals surface area contributed by atoms with Gasteiger partial charge in [-0.2, -0.15) is 0 Å². The van der Waals surface area contributed by atoms with Gasteiger partial charge in [0.05, 0.1) is 0 Å². The van der Waals surface area contributed by atoms with E-state index in [1.165, 1.54) is 16.0 Å². The predicted molar refractivity (Wildman–Crippen MR) is 89.8 cm³/mol. The Morgan fingerprint density at radius 1 is 1.23 bits per heavy atom. The van der Waals surface area contributed by atoms with Gasteiger partial charge >= 0.3 is 0 Å². The van der Waals surface area contributed by atoms with E-state index >= 15 is 0 Å². The van der Waals surface area contributed by atoms with Crippen molar-refractivity contribution in [3.8, 4) is 0 Å². The maximum Gasteiger partial charge on any atom is 0.223 e. The van der Waals surface area contributed by atoms with Gasteiger partial charge in [0, 0.05) is 36.1 Å². The van der Waals surface area contributed by atoms with Crippen LogP contribution in [0.2, 0.25) is 0 Å². The highest BCUT2D eigenvalue weighted by molar-refractivity contribution is 7.99. The van der Waals surface area contributed by atoms with Gasteiger partial charge in [-0.1, -0.05) is 6.07 Å². The first-order valence-corrected chi connectivity index (χ1v) is 8.73. The number of nitrogens with zero attached hydrogens (tertiary/aromatic N) is 1. The lowest BCUT2D eigenvalue weighted by Gasteiger charge is -2.30. The van der Waals surface area contributed by atoms with Crippen LogP contribution in [0.3, 0.4) is 0 Å². The van der Waals surface area contributed by atoms with Crippen molar-refractivity contribution in [1.29, 1.82) is 0 Å². The monoisotopic (exact) mass is 320 g/mol. The summed E-state index contributed by atoms with van der Waals surface area (Å²) in [5, 5.41) is 0. The average molecular weight is 320 g/mol. The zero-order valence-corrected chi connectivity index (χ0v) is 14.1. The van der Waals surface area contributed by atoms with Crippen molar-refractivity contribution >= 4 is 23.6 Å². The zero-order chi connectivity index (χ0) is 16.1. The Bertz CT molecular complexity index is 552. The summed E-state index contributed by atoms with van der Waals surface area (Å²) in [6.07, 6.45) is 1.94. The molecule has 120 valence electrons. The van der Waals surface area contributed by atoms with Crippen molar-refractivity contribution in [2.45, 2.75) is 38.0 Å². The smallest absolute Gasteiger partial charge is 0.223 e. The number of thioether (sulfide) groups is 1. The van der Waals surface area contributed by atoms with Crippen molar-refractivity contribution in [3.63, 3.8) is 0 Å². The molecule has 0 bridgehead atoms. The maximum absolute atomic E-state index is 12.2. The molecule has 0 atom stereocenters. The van der Waals surface area contributed by atoms with Crippen LogP contribution in [0.5, 0.6) is 0 Å². The molecule has 1 aromatic carbocycles. The van der Waals surface area contributed by atoms with E-state index in [1.807, 2.05) is 4.90 Å². The molecule has 0 saturated carbocycles. The SMILES string of the molecule is Cc1ccc(SCCC(=O)N2CCC(C(N)=O)CC2)cc1C. The molecule has 0 radical (unpaired) electrons. The molecule has 0 unspecified atom stereocenters. The molecule has 2 amide bonds. The molecule has 0 aromatic heterocycles. The average Bonchev–Trinajstić information content (AvgIpc) is 2.51. The summed E-state index contributed by atoms with van der Waals surface area (Å²) < 4.78 is 0. The molecular formula is C17H24N2O2S. The van der Waals surface area contributed by atoms with Crippen molar-refractivity contribution in [2.75, 3.05) is 18.8 Å². The van der Waals surface area contributed by atoms with Crippen LogP contribution in [0.4, 0.5) is 0 Å². The second kappa shape index (κ2) is 7.68. The molecule has 1 saturated heterocycles.